The van der Waals surface area contributed by atoms with Crippen LogP contribution in [0.4, 0.5) is 0 Å². The highest BCUT2D eigenvalue weighted by molar-refractivity contribution is 6.06. The van der Waals surface area contributed by atoms with E-state index in [-0.39, 0.29) is 16.9 Å². The molecule has 0 unspecified atom stereocenters. The van der Waals surface area contributed by atoms with E-state index in [4.69, 9.17) is 19.6 Å². The van der Waals surface area contributed by atoms with Gasteiger partial charge >= 0.3 is 0 Å². The summed E-state index contributed by atoms with van der Waals surface area (Å²) in [6.45, 7) is 10.2. The number of carbonyl (C=O) groups excluding carboxylic acids is 1. The largest absolute Gasteiger partial charge is 0.497 e. The Morgan fingerprint density at radius 1 is 1.20 bits per heavy atom. The van der Waals surface area contributed by atoms with E-state index < -0.39 is 0 Å². The maximum Gasteiger partial charge on any atom is 0.252 e. The van der Waals surface area contributed by atoms with Crippen LogP contribution in [0, 0.1) is 6.92 Å². The summed E-state index contributed by atoms with van der Waals surface area (Å²) in [6.07, 6.45) is 3.98. The van der Waals surface area contributed by atoms with E-state index in [1.54, 1.807) is 7.11 Å². The van der Waals surface area contributed by atoms with Crippen LogP contribution in [0.25, 0.3) is 11.0 Å². The number of fused-ring (bicyclic) bond motifs is 1. The molecule has 5 rings (SSSR count). The molecule has 1 aliphatic carbocycles. The van der Waals surface area contributed by atoms with Crippen LogP contribution in [0.15, 0.2) is 30.3 Å². The number of ether oxygens (including phenoxy) is 2. The van der Waals surface area contributed by atoms with Crippen molar-refractivity contribution in [3.63, 3.8) is 0 Å². The Balaban J connectivity index is 1.49. The molecular weight excluding hydrogens is 440 g/mol. The van der Waals surface area contributed by atoms with Gasteiger partial charge in [0.05, 0.1) is 29.3 Å². The highest BCUT2D eigenvalue weighted by atomic mass is 16.5. The fourth-order valence-corrected chi connectivity index (χ4v) is 5.16. The van der Waals surface area contributed by atoms with E-state index in [2.05, 4.69) is 38.2 Å². The summed E-state index contributed by atoms with van der Waals surface area (Å²) in [5, 5.41) is 8.95. The molecule has 186 valence electrons. The van der Waals surface area contributed by atoms with E-state index in [9.17, 15) is 4.79 Å². The van der Waals surface area contributed by atoms with Crippen molar-refractivity contribution in [3.05, 3.63) is 52.8 Å². The van der Waals surface area contributed by atoms with Crippen molar-refractivity contribution < 1.29 is 14.3 Å². The number of pyridine rings is 1. The summed E-state index contributed by atoms with van der Waals surface area (Å²) < 4.78 is 13.0. The lowest BCUT2D eigenvalue weighted by Gasteiger charge is -2.38. The molecule has 0 radical (unpaired) electrons. The minimum atomic E-state index is -0.226. The first-order valence-corrected chi connectivity index (χ1v) is 12.6. The van der Waals surface area contributed by atoms with Gasteiger partial charge in [0.1, 0.15) is 5.75 Å². The van der Waals surface area contributed by atoms with Crippen molar-refractivity contribution in [2.75, 3.05) is 26.9 Å². The first kappa shape index (κ1) is 23.8. The minimum Gasteiger partial charge on any atom is -0.497 e. The van der Waals surface area contributed by atoms with Gasteiger partial charge in [-0.05, 0) is 77.1 Å². The zero-order valence-electron chi connectivity index (χ0n) is 21.5. The number of nitrogens with one attached hydrogen (secondary N) is 1. The number of aromatic nitrogens is 3. The van der Waals surface area contributed by atoms with Gasteiger partial charge in [-0.1, -0.05) is 12.1 Å². The summed E-state index contributed by atoms with van der Waals surface area (Å²) in [5.41, 5.74) is 4.14. The van der Waals surface area contributed by atoms with E-state index in [0.29, 0.717) is 31.2 Å². The zero-order valence-corrected chi connectivity index (χ0v) is 21.5. The second-order valence-electron chi connectivity index (χ2n) is 11.0. The molecular formula is C28H36N4O3. The zero-order chi connectivity index (χ0) is 24.8. The van der Waals surface area contributed by atoms with Crippen LogP contribution in [0.3, 0.4) is 0 Å². The number of benzene rings is 1. The molecule has 2 aromatic heterocycles. The third-order valence-corrected chi connectivity index (χ3v) is 7.45. The Labute approximate surface area is 207 Å². The number of hydrogen-bond donors (Lipinski definition) is 1. The van der Waals surface area contributed by atoms with Crippen molar-refractivity contribution in [1.82, 2.24) is 20.1 Å². The van der Waals surface area contributed by atoms with Crippen LogP contribution in [0.1, 0.15) is 79.7 Å². The van der Waals surface area contributed by atoms with Crippen LogP contribution in [-0.2, 0) is 15.7 Å². The summed E-state index contributed by atoms with van der Waals surface area (Å²) in [6, 6.07) is 10.2. The quantitative estimate of drug-likeness (QED) is 0.550. The molecule has 1 N–H and O–H groups in total. The van der Waals surface area contributed by atoms with Gasteiger partial charge in [-0.3, -0.25) is 4.79 Å². The van der Waals surface area contributed by atoms with Crippen LogP contribution >= 0.6 is 0 Å². The number of nitrogens with zero attached hydrogens (tertiary/aromatic N) is 3. The van der Waals surface area contributed by atoms with Crippen LogP contribution in [0.5, 0.6) is 5.75 Å². The number of methoxy groups -OCH3 is 1. The lowest BCUT2D eigenvalue weighted by molar-refractivity contribution is 0.0487. The smallest absolute Gasteiger partial charge is 0.252 e. The third-order valence-electron chi connectivity index (χ3n) is 7.45. The van der Waals surface area contributed by atoms with Gasteiger partial charge in [0.25, 0.3) is 5.91 Å². The molecule has 0 bridgehead atoms. The predicted octanol–water partition coefficient (Wildman–Crippen LogP) is 4.86. The lowest BCUT2D eigenvalue weighted by atomic mass is 9.74. The Hall–Kier alpha value is -2.93. The molecule has 35 heavy (non-hydrogen) atoms. The number of carbonyl (C=O) groups is 1. The summed E-state index contributed by atoms with van der Waals surface area (Å²) in [7, 11) is 1.68. The lowest BCUT2D eigenvalue weighted by Crippen LogP contribution is -2.44. The van der Waals surface area contributed by atoms with E-state index in [1.807, 2.05) is 29.8 Å². The van der Waals surface area contributed by atoms with E-state index >= 15 is 0 Å². The SMILES string of the molecule is COc1ccc(C2(CNC(=O)c3cc(C4CC4)nc4c3c(C)nn4C(C)(C)C)CCOCC2)cc1. The van der Waals surface area contributed by atoms with Crippen LogP contribution in [0.2, 0.25) is 0 Å². The molecule has 1 amide bonds. The Kier molecular flexibility index (Phi) is 6.08. The van der Waals surface area contributed by atoms with Crippen molar-refractivity contribution in [2.24, 2.45) is 0 Å². The van der Waals surface area contributed by atoms with Gasteiger partial charge in [-0.25, -0.2) is 9.67 Å². The Morgan fingerprint density at radius 2 is 1.89 bits per heavy atom. The first-order chi connectivity index (χ1) is 16.7. The molecule has 1 saturated heterocycles. The number of aryl methyl sites for hydroxylation is 1. The molecule has 0 spiro atoms. The Bertz CT molecular complexity index is 1230. The molecule has 3 aromatic rings. The van der Waals surface area contributed by atoms with Gasteiger partial charge in [0.2, 0.25) is 0 Å². The average molecular weight is 477 g/mol. The minimum absolute atomic E-state index is 0.0600. The van der Waals surface area contributed by atoms with E-state index in [0.717, 1.165) is 53.9 Å². The molecule has 7 nitrogen and oxygen atoms in total. The Morgan fingerprint density at radius 3 is 2.49 bits per heavy atom. The van der Waals surface area contributed by atoms with Gasteiger partial charge in [0.15, 0.2) is 5.65 Å². The first-order valence-electron chi connectivity index (χ1n) is 12.6. The predicted molar refractivity (Wildman–Crippen MR) is 136 cm³/mol. The molecule has 0 atom stereocenters. The molecule has 3 heterocycles. The van der Waals surface area contributed by atoms with Crippen LogP contribution < -0.4 is 10.1 Å². The molecule has 2 aliphatic rings. The van der Waals surface area contributed by atoms with Gasteiger partial charge in [-0.15, -0.1) is 0 Å². The average Bonchev–Trinajstić information content (AvgIpc) is 3.65. The molecule has 2 fully saturated rings. The summed E-state index contributed by atoms with van der Waals surface area (Å²) >= 11 is 0. The maximum absolute atomic E-state index is 13.8. The molecule has 7 heteroatoms. The summed E-state index contributed by atoms with van der Waals surface area (Å²) in [5.74, 6) is 1.21. The highest BCUT2D eigenvalue weighted by Crippen LogP contribution is 2.41. The van der Waals surface area contributed by atoms with Crippen molar-refractivity contribution in [3.8, 4) is 5.75 Å². The van der Waals surface area contributed by atoms with Gasteiger partial charge in [-0.2, -0.15) is 5.10 Å². The van der Waals surface area contributed by atoms with E-state index in [1.165, 1.54) is 5.56 Å². The monoisotopic (exact) mass is 476 g/mol. The standard InChI is InChI=1S/C28H36N4O3/c1-18-24-22(16-23(19-6-7-19)30-25(24)32(31-18)27(2,3)4)26(33)29-17-28(12-14-35-15-13-28)20-8-10-21(34-5)11-9-20/h8-11,16,19H,6-7,12-15,17H2,1-5H3,(H,29,33). The fourth-order valence-electron chi connectivity index (χ4n) is 5.16. The van der Waals surface area contributed by atoms with Gasteiger partial charge < -0.3 is 14.8 Å². The normalized spacial score (nSPS) is 18.0. The van der Waals surface area contributed by atoms with Gasteiger partial charge in [0, 0.05) is 36.8 Å². The number of hydrogen-bond acceptors (Lipinski definition) is 5. The molecule has 1 saturated carbocycles. The second kappa shape index (κ2) is 8.94. The molecule has 1 aromatic carbocycles. The number of amides is 1. The number of rotatable bonds is 6. The highest BCUT2D eigenvalue weighted by Gasteiger charge is 2.36. The van der Waals surface area contributed by atoms with Crippen LogP contribution in [-0.4, -0.2) is 47.5 Å². The summed E-state index contributed by atoms with van der Waals surface area (Å²) in [4.78, 5) is 18.7. The van der Waals surface area contributed by atoms with Crippen molar-refractivity contribution in [2.45, 2.75) is 70.3 Å². The maximum atomic E-state index is 13.8. The molecule has 1 aliphatic heterocycles. The third kappa shape index (κ3) is 4.54. The second-order valence-corrected chi connectivity index (χ2v) is 11.0. The van der Waals surface area contributed by atoms with Crippen molar-refractivity contribution >= 4 is 16.9 Å². The fraction of sp³-hybridized carbons (Fsp3) is 0.536. The topological polar surface area (TPSA) is 78.3 Å². The van der Waals surface area contributed by atoms with Crippen molar-refractivity contribution in [1.29, 1.82) is 0 Å².